The molecule has 0 radical (unpaired) electrons. The molecule has 0 bridgehead atoms. The third kappa shape index (κ3) is 6.19. The summed E-state index contributed by atoms with van der Waals surface area (Å²) in [5, 5.41) is 4.95. The molecule has 0 saturated heterocycles. The Labute approximate surface area is 305 Å². The maximum absolute atomic E-state index is 2.32. The second-order valence-electron chi connectivity index (χ2n) is 13.1. The van der Waals surface area contributed by atoms with Gasteiger partial charge in [0.15, 0.2) is 0 Å². The van der Waals surface area contributed by atoms with Crippen LogP contribution in [0.1, 0.15) is 0 Å². The van der Waals surface area contributed by atoms with Crippen molar-refractivity contribution < 1.29 is 0 Å². The summed E-state index contributed by atoms with van der Waals surface area (Å²) in [4.78, 5) is 4.59. The van der Waals surface area contributed by atoms with E-state index in [1.807, 2.05) is 0 Å². The van der Waals surface area contributed by atoms with Crippen molar-refractivity contribution in [3.05, 3.63) is 218 Å². The van der Waals surface area contributed by atoms with Gasteiger partial charge >= 0.3 is 0 Å². The van der Waals surface area contributed by atoms with Crippen molar-refractivity contribution in [1.82, 2.24) is 0 Å². The van der Waals surface area contributed by atoms with Crippen molar-refractivity contribution >= 4 is 55.7 Å². The van der Waals surface area contributed by atoms with Gasteiger partial charge in [-0.15, -0.1) is 0 Å². The minimum Gasteiger partial charge on any atom is -0.311 e. The van der Waals surface area contributed by atoms with Gasteiger partial charge in [-0.1, -0.05) is 121 Å². The molecule has 0 aromatic heterocycles. The predicted octanol–water partition coefficient (Wildman–Crippen LogP) is 14.3. The van der Waals surface area contributed by atoms with Crippen LogP contribution in [0.2, 0.25) is 0 Å². The molecule has 0 atom stereocenters. The fourth-order valence-corrected chi connectivity index (χ4v) is 7.17. The summed E-state index contributed by atoms with van der Waals surface area (Å²) in [5.74, 6) is 0. The van der Waals surface area contributed by atoms with E-state index in [0.717, 1.165) is 34.1 Å². The molecule has 52 heavy (non-hydrogen) atoms. The highest BCUT2D eigenvalue weighted by Gasteiger charge is 2.14. The number of anilines is 6. The summed E-state index contributed by atoms with van der Waals surface area (Å²) in [6.07, 6.45) is 0. The molecule has 2 heteroatoms. The van der Waals surface area contributed by atoms with E-state index in [0.29, 0.717) is 0 Å². The first-order valence-corrected chi connectivity index (χ1v) is 17.8. The lowest BCUT2D eigenvalue weighted by molar-refractivity contribution is 1.28. The van der Waals surface area contributed by atoms with E-state index in [4.69, 9.17) is 0 Å². The van der Waals surface area contributed by atoms with E-state index < -0.39 is 0 Å². The van der Waals surface area contributed by atoms with Crippen LogP contribution in [0.25, 0.3) is 43.8 Å². The molecule has 2 nitrogen and oxygen atoms in total. The van der Waals surface area contributed by atoms with Gasteiger partial charge < -0.3 is 9.80 Å². The van der Waals surface area contributed by atoms with Crippen LogP contribution in [0.4, 0.5) is 34.1 Å². The van der Waals surface area contributed by atoms with Gasteiger partial charge in [0, 0.05) is 34.1 Å². The molecular formula is C50H36N2. The van der Waals surface area contributed by atoms with Gasteiger partial charge in [-0.25, -0.2) is 0 Å². The molecule has 0 heterocycles. The molecule has 9 aromatic carbocycles. The Bertz CT molecular complexity index is 2320. The van der Waals surface area contributed by atoms with Gasteiger partial charge in [0.25, 0.3) is 0 Å². The normalized spacial score (nSPS) is 11.1. The van der Waals surface area contributed by atoms with Gasteiger partial charge in [0.05, 0.1) is 0 Å². The van der Waals surface area contributed by atoms with E-state index in [9.17, 15) is 0 Å². The standard InChI is InChI=1S/C50H36N2/c1-5-13-45(14-6-1)51(46-15-7-2-8-16-46)49-29-25-37(26-30-49)39-21-23-41-36-44-34-40(22-24-42(44)35-43(41)33-39)38-27-31-50(32-28-38)52(47-17-9-3-10-18-47)48-19-11-4-12-20-48/h1-36H. The van der Waals surface area contributed by atoms with E-state index >= 15 is 0 Å². The minimum atomic E-state index is 1.13. The molecule has 0 fully saturated rings. The lowest BCUT2D eigenvalue weighted by Gasteiger charge is -2.25. The Morgan fingerprint density at radius 1 is 0.192 bits per heavy atom. The molecule has 0 spiro atoms. The van der Waals surface area contributed by atoms with E-state index in [1.165, 1.54) is 43.8 Å². The van der Waals surface area contributed by atoms with Crippen molar-refractivity contribution in [1.29, 1.82) is 0 Å². The first kappa shape index (κ1) is 31.1. The third-order valence-corrected chi connectivity index (χ3v) is 9.77. The molecule has 0 amide bonds. The predicted molar refractivity (Wildman–Crippen MR) is 222 cm³/mol. The average molecular weight is 665 g/mol. The Kier molecular flexibility index (Phi) is 8.24. The second kappa shape index (κ2) is 13.8. The summed E-state index contributed by atoms with van der Waals surface area (Å²) in [6, 6.07) is 78.2. The molecule has 0 aliphatic heterocycles. The zero-order valence-corrected chi connectivity index (χ0v) is 28.7. The molecule has 246 valence electrons. The Hall–Kier alpha value is -6.90. The minimum absolute atomic E-state index is 1.13. The van der Waals surface area contributed by atoms with Crippen LogP contribution < -0.4 is 9.80 Å². The average Bonchev–Trinajstić information content (AvgIpc) is 3.22. The van der Waals surface area contributed by atoms with Crippen molar-refractivity contribution in [2.75, 3.05) is 9.80 Å². The Morgan fingerprint density at radius 2 is 0.462 bits per heavy atom. The highest BCUT2D eigenvalue weighted by molar-refractivity contribution is 6.01. The van der Waals surface area contributed by atoms with Crippen molar-refractivity contribution in [3.8, 4) is 22.3 Å². The second-order valence-corrected chi connectivity index (χ2v) is 13.1. The SMILES string of the molecule is c1ccc(N(c2ccccc2)c2ccc(-c3ccc4cc5cc(-c6ccc(N(c7ccccc7)c7ccccc7)cc6)ccc5cc4c3)cc2)cc1. The summed E-state index contributed by atoms with van der Waals surface area (Å²) in [5.41, 5.74) is 11.6. The monoisotopic (exact) mass is 664 g/mol. The van der Waals surface area contributed by atoms with E-state index in [2.05, 4.69) is 228 Å². The van der Waals surface area contributed by atoms with Gasteiger partial charge in [-0.2, -0.15) is 0 Å². The molecule has 0 unspecified atom stereocenters. The van der Waals surface area contributed by atoms with Crippen LogP contribution >= 0.6 is 0 Å². The van der Waals surface area contributed by atoms with Crippen LogP contribution in [0.15, 0.2) is 218 Å². The number of para-hydroxylation sites is 4. The number of benzene rings is 9. The maximum atomic E-state index is 2.32. The molecule has 0 saturated carbocycles. The van der Waals surface area contributed by atoms with Gasteiger partial charge in [0.1, 0.15) is 0 Å². The van der Waals surface area contributed by atoms with Crippen LogP contribution in [-0.4, -0.2) is 0 Å². The maximum Gasteiger partial charge on any atom is 0.0462 e. The topological polar surface area (TPSA) is 6.48 Å². The van der Waals surface area contributed by atoms with Crippen LogP contribution in [-0.2, 0) is 0 Å². The number of nitrogens with zero attached hydrogens (tertiary/aromatic N) is 2. The van der Waals surface area contributed by atoms with Gasteiger partial charge in [-0.3, -0.25) is 0 Å². The number of hydrogen-bond donors (Lipinski definition) is 0. The largest absolute Gasteiger partial charge is 0.311 e. The number of rotatable bonds is 8. The fourth-order valence-electron chi connectivity index (χ4n) is 7.17. The molecule has 9 rings (SSSR count). The molecule has 9 aromatic rings. The lowest BCUT2D eigenvalue weighted by Crippen LogP contribution is -2.09. The summed E-state index contributed by atoms with van der Waals surface area (Å²) in [7, 11) is 0. The first-order chi connectivity index (χ1) is 25.8. The molecule has 0 N–H and O–H groups in total. The van der Waals surface area contributed by atoms with Gasteiger partial charge in [0.2, 0.25) is 0 Å². The van der Waals surface area contributed by atoms with E-state index in [1.54, 1.807) is 0 Å². The molecule has 0 aliphatic rings. The Balaban J connectivity index is 0.993. The zero-order chi connectivity index (χ0) is 34.7. The quantitative estimate of drug-likeness (QED) is 0.149. The summed E-state index contributed by atoms with van der Waals surface area (Å²) >= 11 is 0. The van der Waals surface area contributed by atoms with Gasteiger partial charge in [-0.05, 0) is 141 Å². The highest BCUT2D eigenvalue weighted by Crippen LogP contribution is 2.38. The summed E-state index contributed by atoms with van der Waals surface area (Å²) in [6.45, 7) is 0. The fraction of sp³-hybridized carbons (Fsp3) is 0. The van der Waals surface area contributed by atoms with Crippen molar-refractivity contribution in [2.45, 2.75) is 0 Å². The van der Waals surface area contributed by atoms with Crippen LogP contribution in [0.5, 0.6) is 0 Å². The first-order valence-electron chi connectivity index (χ1n) is 17.8. The third-order valence-electron chi connectivity index (χ3n) is 9.77. The van der Waals surface area contributed by atoms with Crippen molar-refractivity contribution in [3.63, 3.8) is 0 Å². The van der Waals surface area contributed by atoms with Crippen molar-refractivity contribution in [2.24, 2.45) is 0 Å². The smallest absolute Gasteiger partial charge is 0.0462 e. The lowest BCUT2D eigenvalue weighted by atomic mass is 9.96. The van der Waals surface area contributed by atoms with E-state index in [-0.39, 0.29) is 0 Å². The van der Waals surface area contributed by atoms with Crippen LogP contribution in [0.3, 0.4) is 0 Å². The Morgan fingerprint density at radius 3 is 0.769 bits per heavy atom. The number of fused-ring (bicyclic) bond motifs is 2. The molecule has 0 aliphatic carbocycles. The molecular weight excluding hydrogens is 629 g/mol. The zero-order valence-electron chi connectivity index (χ0n) is 28.7. The summed E-state index contributed by atoms with van der Waals surface area (Å²) < 4.78 is 0. The highest BCUT2D eigenvalue weighted by atomic mass is 15.1. The number of hydrogen-bond acceptors (Lipinski definition) is 2. The van der Waals surface area contributed by atoms with Crippen LogP contribution in [0, 0.1) is 0 Å².